The van der Waals surface area contributed by atoms with Gasteiger partial charge in [-0.2, -0.15) is 0 Å². The predicted octanol–water partition coefficient (Wildman–Crippen LogP) is 1.02. The fourth-order valence-corrected chi connectivity index (χ4v) is 2.41. The topological polar surface area (TPSA) is 69.9 Å². The first-order chi connectivity index (χ1) is 9.90. The van der Waals surface area contributed by atoms with Crippen LogP contribution in [0.25, 0.3) is 0 Å². The van der Waals surface area contributed by atoms with E-state index in [1.807, 2.05) is 19.1 Å². The highest BCUT2D eigenvalue weighted by molar-refractivity contribution is 5.99. The molecule has 0 spiro atoms. The van der Waals surface area contributed by atoms with Crippen molar-refractivity contribution in [3.05, 3.63) is 29.3 Å². The van der Waals surface area contributed by atoms with Crippen LogP contribution in [0.4, 0.5) is 10.5 Å². The summed E-state index contributed by atoms with van der Waals surface area (Å²) in [6, 6.07) is 5.44. The Morgan fingerprint density at radius 3 is 2.24 bits per heavy atom. The van der Waals surface area contributed by atoms with E-state index < -0.39 is 0 Å². The zero-order chi connectivity index (χ0) is 15.6. The molecule has 0 unspecified atom stereocenters. The maximum absolute atomic E-state index is 12.5. The van der Waals surface area contributed by atoms with Crippen LogP contribution in [-0.2, 0) is 0 Å². The molecule has 1 fully saturated rings. The minimum Gasteiger partial charge on any atom is -0.398 e. The van der Waals surface area contributed by atoms with Gasteiger partial charge in [0.25, 0.3) is 5.91 Å². The molecule has 2 rings (SSSR count). The second-order valence-corrected chi connectivity index (χ2v) is 5.55. The van der Waals surface area contributed by atoms with Crippen molar-refractivity contribution in [2.45, 2.75) is 6.92 Å². The van der Waals surface area contributed by atoms with E-state index in [4.69, 9.17) is 5.73 Å². The lowest BCUT2D eigenvalue weighted by Crippen LogP contribution is -2.52. The van der Waals surface area contributed by atoms with E-state index >= 15 is 0 Å². The number of carbonyl (C=O) groups excluding carboxylic acids is 2. The number of urea groups is 1. The molecule has 1 heterocycles. The molecule has 0 bridgehead atoms. The van der Waals surface area contributed by atoms with Crippen LogP contribution in [-0.4, -0.2) is 66.9 Å². The summed E-state index contributed by atoms with van der Waals surface area (Å²) in [6.45, 7) is 4.10. The Hall–Kier alpha value is -2.24. The summed E-state index contributed by atoms with van der Waals surface area (Å²) in [4.78, 5) is 29.4. The van der Waals surface area contributed by atoms with Gasteiger partial charge in [0.1, 0.15) is 0 Å². The lowest BCUT2D eigenvalue weighted by atomic mass is 10.1. The van der Waals surface area contributed by atoms with E-state index in [0.717, 1.165) is 5.56 Å². The number of nitrogens with zero attached hydrogens (tertiary/aromatic N) is 3. The van der Waals surface area contributed by atoms with E-state index in [1.54, 1.807) is 34.9 Å². The Morgan fingerprint density at radius 2 is 1.67 bits per heavy atom. The molecule has 3 amide bonds. The average Bonchev–Trinajstić information content (AvgIpc) is 2.48. The van der Waals surface area contributed by atoms with Crippen LogP contribution in [0.15, 0.2) is 18.2 Å². The molecule has 1 saturated heterocycles. The smallest absolute Gasteiger partial charge is 0.319 e. The first kappa shape index (κ1) is 15.2. The Bertz CT molecular complexity index is 549. The second-order valence-electron chi connectivity index (χ2n) is 5.55. The number of hydrogen-bond acceptors (Lipinski definition) is 3. The molecule has 1 aromatic carbocycles. The third-order valence-corrected chi connectivity index (χ3v) is 3.66. The summed E-state index contributed by atoms with van der Waals surface area (Å²) in [5.41, 5.74) is 7.94. The van der Waals surface area contributed by atoms with Crippen molar-refractivity contribution in [2.24, 2.45) is 0 Å². The number of benzene rings is 1. The number of nitrogens with two attached hydrogens (primary N) is 1. The van der Waals surface area contributed by atoms with Crippen LogP contribution in [0.5, 0.6) is 0 Å². The number of rotatable bonds is 1. The highest BCUT2D eigenvalue weighted by Crippen LogP contribution is 2.17. The fraction of sp³-hybridized carbons (Fsp3) is 0.467. The van der Waals surface area contributed by atoms with Crippen LogP contribution >= 0.6 is 0 Å². The quantitative estimate of drug-likeness (QED) is 0.785. The molecule has 114 valence electrons. The number of hydrogen-bond donors (Lipinski definition) is 1. The molecule has 1 aliphatic heterocycles. The molecule has 6 nitrogen and oxygen atoms in total. The molecule has 21 heavy (non-hydrogen) atoms. The monoisotopic (exact) mass is 290 g/mol. The largest absolute Gasteiger partial charge is 0.398 e. The summed E-state index contributed by atoms with van der Waals surface area (Å²) < 4.78 is 0. The van der Waals surface area contributed by atoms with Gasteiger partial charge in [0.2, 0.25) is 0 Å². The summed E-state index contributed by atoms with van der Waals surface area (Å²) >= 11 is 0. The van der Waals surface area contributed by atoms with Gasteiger partial charge in [0, 0.05) is 46.0 Å². The summed E-state index contributed by atoms with van der Waals surface area (Å²) in [5, 5.41) is 0. The average molecular weight is 290 g/mol. The summed E-state index contributed by atoms with van der Waals surface area (Å²) in [5.74, 6) is -0.0619. The van der Waals surface area contributed by atoms with Crippen molar-refractivity contribution in [3.63, 3.8) is 0 Å². The van der Waals surface area contributed by atoms with E-state index in [2.05, 4.69) is 0 Å². The Labute approximate surface area is 125 Å². The first-order valence-electron chi connectivity index (χ1n) is 7.02. The standard InChI is InChI=1S/C15H22N4O2/c1-11-4-5-13(16)12(10-11)14(20)18-6-8-19(9-7-18)15(21)17(2)3/h4-5,10H,6-9,16H2,1-3H3. The Balaban J connectivity index is 2.03. The second kappa shape index (κ2) is 6.03. The first-order valence-corrected chi connectivity index (χ1v) is 7.02. The van der Waals surface area contributed by atoms with Crippen molar-refractivity contribution >= 4 is 17.6 Å². The maximum Gasteiger partial charge on any atom is 0.319 e. The van der Waals surface area contributed by atoms with Gasteiger partial charge >= 0.3 is 6.03 Å². The molecule has 0 radical (unpaired) electrons. The Morgan fingerprint density at radius 1 is 1.10 bits per heavy atom. The summed E-state index contributed by atoms with van der Waals surface area (Å²) in [6.07, 6.45) is 0. The van der Waals surface area contributed by atoms with Crippen molar-refractivity contribution in [1.29, 1.82) is 0 Å². The van der Waals surface area contributed by atoms with Gasteiger partial charge in [-0.15, -0.1) is 0 Å². The molecule has 6 heteroatoms. The lowest BCUT2D eigenvalue weighted by Gasteiger charge is -2.36. The molecular formula is C15H22N4O2. The fourth-order valence-electron chi connectivity index (χ4n) is 2.41. The Kier molecular flexibility index (Phi) is 4.35. The third kappa shape index (κ3) is 3.26. The third-order valence-electron chi connectivity index (χ3n) is 3.66. The highest BCUT2D eigenvalue weighted by atomic mass is 16.2. The number of nitrogen functional groups attached to an aromatic ring is 1. The van der Waals surface area contributed by atoms with Crippen LogP contribution in [0.2, 0.25) is 0 Å². The minimum atomic E-state index is -0.0619. The normalized spacial score (nSPS) is 15.0. The van der Waals surface area contributed by atoms with Gasteiger partial charge in [0.15, 0.2) is 0 Å². The zero-order valence-corrected chi connectivity index (χ0v) is 12.8. The van der Waals surface area contributed by atoms with Crippen LogP contribution in [0.1, 0.15) is 15.9 Å². The minimum absolute atomic E-state index is 0.0165. The van der Waals surface area contributed by atoms with E-state index in [9.17, 15) is 9.59 Å². The highest BCUT2D eigenvalue weighted by Gasteiger charge is 2.26. The van der Waals surface area contributed by atoms with E-state index in [1.165, 1.54) is 0 Å². The van der Waals surface area contributed by atoms with E-state index in [-0.39, 0.29) is 11.9 Å². The van der Waals surface area contributed by atoms with Gasteiger partial charge in [-0.25, -0.2) is 4.79 Å². The summed E-state index contributed by atoms with van der Waals surface area (Å²) in [7, 11) is 3.46. The predicted molar refractivity (Wildman–Crippen MR) is 82.2 cm³/mol. The number of aryl methyl sites for hydroxylation is 1. The molecule has 0 saturated carbocycles. The van der Waals surface area contributed by atoms with E-state index in [0.29, 0.717) is 37.4 Å². The van der Waals surface area contributed by atoms with Gasteiger partial charge in [-0.3, -0.25) is 4.79 Å². The maximum atomic E-state index is 12.5. The molecule has 1 aliphatic rings. The van der Waals surface area contributed by atoms with Crippen molar-refractivity contribution in [3.8, 4) is 0 Å². The van der Waals surface area contributed by atoms with Gasteiger partial charge in [-0.1, -0.05) is 11.6 Å². The molecule has 0 aromatic heterocycles. The molecular weight excluding hydrogens is 268 g/mol. The number of piperazine rings is 1. The number of amides is 3. The van der Waals surface area contributed by atoms with Gasteiger partial charge in [0.05, 0.1) is 5.56 Å². The molecule has 1 aromatic rings. The van der Waals surface area contributed by atoms with Crippen LogP contribution in [0, 0.1) is 6.92 Å². The van der Waals surface area contributed by atoms with Crippen molar-refractivity contribution in [2.75, 3.05) is 46.0 Å². The van der Waals surface area contributed by atoms with Gasteiger partial charge < -0.3 is 20.4 Å². The van der Waals surface area contributed by atoms with Gasteiger partial charge in [-0.05, 0) is 19.1 Å². The van der Waals surface area contributed by atoms with Crippen molar-refractivity contribution < 1.29 is 9.59 Å². The number of anilines is 1. The molecule has 0 aliphatic carbocycles. The van der Waals surface area contributed by atoms with Crippen LogP contribution in [0.3, 0.4) is 0 Å². The van der Waals surface area contributed by atoms with Crippen molar-refractivity contribution in [1.82, 2.24) is 14.7 Å². The van der Waals surface area contributed by atoms with Crippen LogP contribution < -0.4 is 5.73 Å². The number of carbonyl (C=O) groups is 2. The molecule has 0 atom stereocenters. The lowest BCUT2D eigenvalue weighted by molar-refractivity contribution is 0.0651. The molecule has 2 N–H and O–H groups in total. The SMILES string of the molecule is Cc1ccc(N)c(C(=O)N2CCN(C(=O)N(C)C)CC2)c1. The zero-order valence-electron chi connectivity index (χ0n) is 12.8.